The molecule has 3 aliphatic rings. The van der Waals surface area contributed by atoms with Gasteiger partial charge in [-0.05, 0) is 182 Å². The first-order valence-electron chi connectivity index (χ1n) is 34.2. The van der Waals surface area contributed by atoms with Gasteiger partial charge in [0.15, 0.2) is 5.78 Å². The number of carbonyl (C=O) groups is 4. The molecular formula is C77H96N6O11S. The zero-order chi connectivity index (χ0) is 67.0. The monoisotopic (exact) mass is 1310 g/mol. The van der Waals surface area contributed by atoms with Gasteiger partial charge in [-0.1, -0.05) is 86.0 Å². The van der Waals surface area contributed by atoms with E-state index in [4.69, 9.17) is 43.1 Å². The first-order chi connectivity index (χ1) is 45.9. The lowest BCUT2D eigenvalue weighted by Gasteiger charge is -2.37. The molecule has 1 N–H and O–H groups in total. The number of nitrogens with zero attached hydrogens (tertiary/aromatic N) is 5. The number of pyridine rings is 1. The maximum Gasteiger partial charge on any atom is 0.410 e. The van der Waals surface area contributed by atoms with Crippen LogP contribution in [0.15, 0.2) is 115 Å². The highest BCUT2D eigenvalue weighted by molar-refractivity contribution is 7.10. The normalized spacial score (nSPS) is 16.1. The summed E-state index contributed by atoms with van der Waals surface area (Å²) in [5, 5.41) is 8.02. The summed E-state index contributed by atoms with van der Waals surface area (Å²) >= 11 is 1.56. The Morgan fingerprint density at radius 1 is 0.747 bits per heavy atom. The number of likely N-dealkylation sites (N-methyl/N-ethyl adjacent to an activating group) is 1. The van der Waals surface area contributed by atoms with Crippen molar-refractivity contribution in [3.63, 3.8) is 0 Å². The molecule has 18 heteroatoms. The minimum Gasteiger partial charge on any atom is -0.491 e. The largest absolute Gasteiger partial charge is 0.491 e. The van der Waals surface area contributed by atoms with E-state index in [0.29, 0.717) is 77.6 Å². The summed E-state index contributed by atoms with van der Waals surface area (Å²) < 4.78 is 41.9. The Hall–Kier alpha value is -7.90. The number of amides is 3. The third-order valence-corrected chi connectivity index (χ3v) is 19.5. The van der Waals surface area contributed by atoms with Crippen LogP contribution in [0.5, 0.6) is 17.4 Å². The number of nitrogens with one attached hydrogen (secondary N) is 1. The Kier molecular flexibility index (Phi) is 24.4. The topological polar surface area (TPSA) is 180 Å². The Bertz CT molecular complexity index is 3710. The van der Waals surface area contributed by atoms with Crippen LogP contribution in [0.1, 0.15) is 148 Å². The third-order valence-electron chi connectivity index (χ3n) is 18.6. The first kappa shape index (κ1) is 69.9. The molecule has 10 rings (SSSR count). The summed E-state index contributed by atoms with van der Waals surface area (Å²) in [4.78, 5) is 71.7. The molecule has 0 unspecified atom stereocenters. The number of Topliss-reactive ketones (excluding diaryl/α,β-unsaturated/α-hetero) is 1. The fourth-order valence-corrected chi connectivity index (χ4v) is 14.3. The van der Waals surface area contributed by atoms with Crippen molar-refractivity contribution in [1.29, 1.82) is 0 Å². The van der Waals surface area contributed by atoms with Crippen LogP contribution in [0.25, 0.3) is 33.2 Å². The lowest BCUT2D eigenvalue weighted by Crippen LogP contribution is -2.56. The number of anilines is 1. The summed E-state index contributed by atoms with van der Waals surface area (Å²) in [6.45, 7) is 20.9. The molecule has 3 amide bonds. The van der Waals surface area contributed by atoms with Gasteiger partial charge in [0.1, 0.15) is 54.0 Å². The SMILES string of the molecule is CCN(c1cc(-c2ccc(OCCOCCOCCOc3ccc(-c4csc([C@@H]5CCCN5C(=O)[C@@H](NC(=O)[C@H](C)N(C)C(=O)OC(C)(C)C)C5CCCCC5)n4)c4ccccc34)cc2)cc(C(=O)CCc2c(C)cc(C)nc2OCc2ccccc2)c1C)C1CCOCC1. The van der Waals surface area contributed by atoms with Gasteiger partial charge in [0.05, 0.1) is 38.2 Å². The van der Waals surface area contributed by atoms with E-state index < -0.39 is 23.8 Å². The number of hydrogen-bond acceptors (Lipinski definition) is 15. The fourth-order valence-electron chi connectivity index (χ4n) is 13.4. The summed E-state index contributed by atoms with van der Waals surface area (Å²) in [6, 6.07) is 35.2. The van der Waals surface area contributed by atoms with Gasteiger partial charge >= 0.3 is 6.09 Å². The third kappa shape index (κ3) is 18.2. The van der Waals surface area contributed by atoms with Crippen molar-refractivity contribution >= 4 is 51.5 Å². The number of fused-ring (bicyclic) bond motifs is 1. The van der Waals surface area contributed by atoms with Gasteiger partial charge in [0.25, 0.3) is 0 Å². The molecule has 0 bridgehead atoms. The molecule has 7 aromatic rings. The second-order valence-electron chi connectivity index (χ2n) is 26.4. The zero-order valence-corrected chi connectivity index (χ0v) is 57.9. The summed E-state index contributed by atoms with van der Waals surface area (Å²) in [6.07, 6.45) is 8.52. The number of likely N-dealkylation sites (tertiary alicyclic amines) is 1. The van der Waals surface area contributed by atoms with Crippen molar-refractivity contribution in [2.24, 2.45) is 5.92 Å². The zero-order valence-electron chi connectivity index (χ0n) is 57.0. The number of ketones is 1. The predicted octanol–water partition coefficient (Wildman–Crippen LogP) is 14.8. The Balaban J connectivity index is 0.696. The number of ether oxygens (including phenoxy) is 7. The molecule has 3 atom stereocenters. The summed E-state index contributed by atoms with van der Waals surface area (Å²) in [7, 11) is 1.55. The average Bonchev–Trinajstić information content (AvgIpc) is 1.75. The van der Waals surface area contributed by atoms with E-state index in [0.717, 1.165) is 166 Å². The average molecular weight is 1310 g/mol. The van der Waals surface area contributed by atoms with Crippen molar-refractivity contribution in [2.45, 2.75) is 162 Å². The highest BCUT2D eigenvalue weighted by atomic mass is 32.1. The maximum absolute atomic E-state index is 14.7. The van der Waals surface area contributed by atoms with Crippen LogP contribution in [0, 0.1) is 26.7 Å². The molecule has 4 heterocycles. The number of hydrogen-bond donors (Lipinski definition) is 1. The minimum atomic E-state index is -0.838. The number of thiazole rings is 1. The highest BCUT2D eigenvalue weighted by Gasteiger charge is 2.41. The number of rotatable bonds is 29. The van der Waals surface area contributed by atoms with Crippen molar-refractivity contribution in [3.8, 4) is 39.8 Å². The molecule has 5 aromatic carbocycles. The summed E-state index contributed by atoms with van der Waals surface area (Å²) in [5.41, 5.74) is 9.79. The molecule has 3 fully saturated rings. The van der Waals surface area contributed by atoms with E-state index in [-0.39, 0.29) is 29.6 Å². The number of carbonyl (C=O) groups excluding carboxylic acids is 4. The van der Waals surface area contributed by atoms with Crippen LogP contribution in [-0.4, -0.2) is 140 Å². The minimum absolute atomic E-state index is 0.00136. The van der Waals surface area contributed by atoms with Crippen LogP contribution < -0.4 is 24.4 Å². The molecule has 95 heavy (non-hydrogen) atoms. The molecule has 1 saturated carbocycles. The lowest BCUT2D eigenvalue weighted by atomic mass is 9.83. The molecule has 0 radical (unpaired) electrons. The van der Waals surface area contributed by atoms with E-state index in [1.165, 1.54) is 4.90 Å². The summed E-state index contributed by atoms with van der Waals surface area (Å²) in [5.74, 6) is 1.67. The Morgan fingerprint density at radius 2 is 1.44 bits per heavy atom. The molecule has 17 nitrogen and oxygen atoms in total. The van der Waals surface area contributed by atoms with E-state index >= 15 is 0 Å². The van der Waals surface area contributed by atoms with Crippen LogP contribution in [0.4, 0.5) is 10.5 Å². The Morgan fingerprint density at radius 3 is 2.16 bits per heavy atom. The van der Waals surface area contributed by atoms with E-state index in [1.807, 2.05) is 78.6 Å². The van der Waals surface area contributed by atoms with Gasteiger partial charge < -0.3 is 48.3 Å². The molecule has 506 valence electrons. The van der Waals surface area contributed by atoms with Gasteiger partial charge in [-0.3, -0.25) is 19.3 Å². The van der Waals surface area contributed by atoms with Crippen LogP contribution in [0.3, 0.4) is 0 Å². The van der Waals surface area contributed by atoms with Crippen LogP contribution in [-0.2, 0) is 41.6 Å². The quantitative estimate of drug-likeness (QED) is 0.0345. The molecule has 2 saturated heterocycles. The number of aryl methyl sites for hydroxylation is 2. The standard InChI is InChI=1S/C77H96N6O11S/c1-10-82(59-35-38-88-39-36-59)68-48-58(47-65(53(68)4)69(84)33-31-61-51(2)46-52(3)78-73(61)93-49-55-20-13-11-14-21-55)56-27-29-60(30-28-56)91-44-42-89-40-41-90-43-45-92-70-34-32-63(62-24-17-18-25-64(62)70)66-50-95-74(79-66)67-26-19-37-83(67)75(86)71(57-22-15-12-16-23-57)80-72(85)54(5)81(9)76(87)94-77(6,7)8/h11,13-14,17-18,20-21,24-25,27-30,32,34,46-48,50,54,57,59,67,71H,10,12,15-16,19,22-23,26,31,33,35-45,49H2,1-9H3,(H,80,85)/t54-,67-,71-/m0/s1. The van der Waals surface area contributed by atoms with Crippen molar-refractivity contribution in [2.75, 3.05) is 77.9 Å². The smallest absolute Gasteiger partial charge is 0.410 e. The van der Waals surface area contributed by atoms with Crippen molar-refractivity contribution in [1.82, 2.24) is 25.1 Å². The van der Waals surface area contributed by atoms with Gasteiger partial charge in [0.2, 0.25) is 17.7 Å². The van der Waals surface area contributed by atoms with Gasteiger partial charge in [-0.2, -0.15) is 0 Å². The number of aromatic nitrogens is 2. The lowest BCUT2D eigenvalue weighted by molar-refractivity contribution is -0.140. The molecule has 0 spiro atoms. The first-order valence-corrected chi connectivity index (χ1v) is 35.0. The van der Waals surface area contributed by atoms with Crippen LogP contribution in [0.2, 0.25) is 0 Å². The fraction of sp³-hybridized carbons (Fsp3) is 0.481. The van der Waals surface area contributed by atoms with E-state index in [2.05, 4.69) is 78.8 Å². The molecular weight excluding hydrogens is 1220 g/mol. The molecule has 1 aliphatic carbocycles. The molecule has 2 aliphatic heterocycles. The number of benzene rings is 5. The second kappa shape index (κ2) is 33.2. The van der Waals surface area contributed by atoms with Gasteiger partial charge in [-0.25, -0.2) is 14.8 Å². The Labute approximate surface area is 565 Å². The highest BCUT2D eigenvalue weighted by Crippen LogP contribution is 2.41. The predicted molar refractivity (Wildman–Crippen MR) is 374 cm³/mol. The van der Waals surface area contributed by atoms with E-state index in [9.17, 15) is 19.2 Å². The van der Waals surface area contributed by atoms with Crippen molar-refractivity contribution < 1.29 is 52.3 Å². The second-order valence-corrected chi connectivity index (χ2v) is 27.3. The molecule has 2 aromatic heterocycles. The van der Waals surface area contributed by atoms with Gasteiger partial charge in [-0.15, -0.1) is 11.3 Å². The van der Waals surface area contributed by atoms with E-state index in [1.54, 1.807) is 46.1 Å². The van der Waals surface area contributed by atoms with Crippen molar-refractivity contribution in [3.05, 3.63) is 153 Å². The maximum atomic E-state index is 14.7. The van der Waals surface area contributed by atoms with Gasteiger partial charge in [0, 0.05) is 84.7 Å². The van der Waals surface area contributed by atoms with Crippen LogP contribution >= 0.6 is 11.3 Å².